The quantitative estimate of drug-likeness (QED) is 0.884. The molecule has 100 valence electrons. The van der Waals surface area contributed by atoms with Gasteiger partial charge in [0, 0.05) is 44.6 Å². The predicted octanol–water partition coefficient (Wildman–Crippen LogP) is 2.25. The Morgan fingerprint density at radius 1 is 1.22 bits per heavy atom. The van der Waals surface area contributed by atoms with Crippen molar-refractivity contribution in [3.05, 3.63) is 23.8 Å². The van der Waals surface area contributed by atoms with Gasteiger partial charge in [-0.25, -0.2) is 0 Å². The van der Waals surface area contributed by atoms with Crippen LogP contribution in [0.25, 0.3) is 0 Å². The second-order valence-corrected chi connectivity index (χ2v) is 5.42. The number of nitrogens with one attached hydrogen (secondary N) is 1. The van der Waals surface area contributed by atoms with E-state index in [1.165, 1.54) is 29.8 Å². The van der Waals surface area contributed by atoms with E-state index in [0.29, 0.717) is 6.04 Å². The van der Waals surface area contributed by atoms with Gasteiger partial charge < -0.3 is 15.1 Å². The minimum atomic E-state index is 0.694. The largest absolute Gasteiger partial charge is 0.377 e. The number of benzene rings is 1. The SMILES string of the molecule is CNC1CCN(c2ccc(C)c(N(C)C)c2)CC1. The van der Waals surface area contributed by atoms with Gasteiger partial charge >= 0.3 is 0 Å². The molecule has 0 radical (unpaired) electrons. The van der Waals surface area contributed by atoms with E-state index in [4.69, 9.17) is 0 Å². The first-order valence-electron chi connectivity index (χ1n) is 6.82. The Morgan fingerprint density at radius 2 is 1.89 bits per heavy atom. The fraction of sp³-hybridized carbons (Fsp3) is 0.600. The second kappa shape index (κ2) is 5.61. The van der Waals surface area contributed by atoms with Gasteiger partial charge in [-0.3, -0.25) is 0 Å². The van der Waals surface area contributed by atoms with E-state index in [-0.39, 0.29) is 0 Å². The Kier molecular flexibility index (Phi) is 4.12. The maximum atomic E-state index is 3.38. The molecule has 0 bridgehead atoms. The number of anilines is 2. The number of piperidine rings is 1. The maximum absolute atomic E-state index is 3.38. The zero-order valence-electron chi connectivity index (χ0n) is 12.0. The third-order valence-corrected chi connectivity index (χ3v) is 3.94. The van der Waals surface area contributed by atoms with E-state index in [0.717, 1.165) is 13.1 Å². The molecule has 3 nitrogen and oxygen atoms in total. The minimum Gasteiger partial charge on any atom is -0.377 e. The highest BCUT2D eigenvalue weighted by Crippen LogP contribution is 2.27. The molecule has 1 aromatic rings. The van der Waals surface area contributed by atoms with Crippen LogP contribution in [0.15, 0.2) is 18.2 Å². The average Bonchev–Trinajstić information content (AvgIpc) is 2.39. The van der Waals surface area contributed by atoms with Crippen LogP contribution < -0.4 is 15.1 Å². The van der Waals surface area contributed by atoms with Crippen molar-refractivity contribution >= 4 is 11.4 Å². The molecule has 0 amide bonds. The van der Waals surface area contributed by atoms with E-state index in [2.05, 4.69) is 61.4 Å². The van der Waals surface area contributed by atoms with Crippen molar-refractivity contribution in [2.45, 2.75) is 25.8 Å². The van der Waals surface area contributed by atoms with Gasteiger partial charge in [0.25, 0.3) is 0 Å². The van der Waals surface area contributed by atoms with E-state index in [1.807, 2.05) is 0 Å². The van der Waals surface area contributed by atoms with E-state index >= 15 is 0 Å². The lowest BCUT2D eigenvalue weighted by Gasteiger charge is -2.34. The Bertz CT molecular complexity index is 393. The molecule has 3 heteroatoms. The van der Waals surface area contributed by atoms with E-state index in [1.54, 1.807) is 0 Å². The molecule has 1 aliphatic rings. The van der Waals surface area contributed by atoms with Crippen molar-refractivity contribution in [3.8, 4) is 0 Å². The van der Waals surface area contributed by atoms with E-state index < -0.39 is 0 Å². The molecule has 1 saturated heterocycles. The van der Waals surface area contributed by atoms with E-state index in [9.17, 15) is 0 Å². The van der Waals surface area contributed by atoms with Gasteiger partial charge in [-0.1, -0.05) is 6.07 Å². The molecule has 1 aliphatic heterocycles. The number of rotatable bonds is 3. The molecule has 1 N–H and O–H groups in total. The smallest absolute Gasteiger partial charge is 0.0411 e. The first kappa shape index (κ1) is 13.2. The third-order valence-electron chi connectivity index (χ3n) is 3.94. The zero-order chi connectivity index (χ0) is 13.1. The highest BCUT2D eigenvalue weighted by Gasteiger charge is 2.18. The second-order valence-electron chi connectivity index (χ2n) is 5.42. The summed E-state index contributed by atoms with van der Waals surface area (Å²) >= 11 is 0. The average molecular weight is 247 g/mol. The molecule has 2 rings (SSSR count). The molecule has 0 aromatic heterocycles. The molecule has 1 heterocycles. The summed E-state index contributed by atoms with van der Waals surface area (Å²) in [7, 11) is 6.29. The van der Waals surface area contributed by atoms with Gasteiger partial charge in [-0.05, 0) is 44.5 Å². The van der Waals surface area contributed by atoms with Gasteiger partial charge in [0.2, 0.25) is 0 Å². The summed E-state index contributed by atoms with van der Waals surface area (Å²) in [5, 5.41) is 3.38. The molecule has 0 saturated carbocycles. The van der Waals surface area contributed by atoms with Gasteiger partial charge in [0.05, 0.1) is 0 Å². The van der Waals surface area contributed by atoms with Crippen LogP contribution in [0.2, 0.25) is 0 Å². The molecular formula is C15H25N3. The monoisotopic (exact) mass is 247 g/mol. The van der Waals surface area contributed by atoms with Crippen molar-refractivity contribution in [1.82, 2.24) is 5.32 Å². The lowest BCUT2D eigenvalue weighted by molar-refractivity contribution is 0.442. The normalized spacial score (nSPS) is 17.0. The summed E-state index contributed by atoms with van der Waals surface area (Å²) in [5.41, 5.74) is 4.02. The van der Waals surface area contributed by atoms with Gasteiger partial charge in [-0.2, -0.15) is 0 Å². The van der Waals surface area contributed by atoms with Crippen molar-refractivity contribution in [2.24, 2.45) is 0 Å². The van der Waals surface area contributed by atoms with Crippen LogP contribution in [-0.4, -0.2) is 40.3 Å². The third kappa shape index (κ3) is 2.78. The highest BCUT2D eigenvalue weighted by molar-refractivity contribution is 5.63. The number of aryl methyl sites for hydroxylation is 1. The fourth-order valence-electron chi connectivity index (χ4n) is 2.70. The molecule has 18 heavy (non-hydrogen) atoms. The van der Waals surface area contributed by atoms with Crippen LogP contribution in [0, 0.1) is 6.92 Å². The van der Waals surface area contributed by atoms with Crippen molar-refractivity contribution in [1.29, 1.82) is 0 Å². The number of hydrogen-bond acceptors (Lipinski definition) is 3. The molecule has 0 aliphatic carbocycles. The summed E-state index contributed by atoms with van der Waals surface area (Å²) in [5.74, 6) is 0. The highest BCUT2D eigenvalue weighted by atomic mass is 15.2. The lowest BCUT2D eigenvalue weighted by Crippen LogP contribution is -2.41. The minimum absolute atomic E-state index is 0.694. The number of nitrogens with zero attached hydrogens (tertiary/aromatic N) is 2. The first-order chi connectivity index (χ1) is 8.61. The summed E-state index contributed by atoms with van der Waals surface area (Å²) in [4.78, 5) is 4.69. The topological polar surface area (TPSA) is 18.5 Å². The maximum Gasteiger partial charge on any atom is 0.0411 e. The van der Waals surface area contributed by atoms with Crippen molar-refractivity contribution < 1.29 is 0 Å². The van der Waals surface area contributed by atoms with Crippen LogP contribution in [0.3, 0.4) is 0 Å². The molecule has 1 fully saturated rings. The molecule has 0 atom stereocenters. The van der Waals surface area contributed by atoms with Crippen LogP contribution in [0.1, 0.15) is 18.4 Å². The number of hydrogen-bond donors (Lipinski definition) is 1. The Hall–Kier alpha value is -1.22. The van der Waals surface area contributed by atoms with Crippen LogP contribution in [0.5, 0.6) is 0 Å². The van der Waals surface area contributed by atoms with Crippen LogP contribution in [-0.2, 0) is 0 Å². The zero-order valence-corrected chi connectivity index (χ0v) is 12.0. The van der Waals surface area contributed by atoms with Crippen molar-refractivity contribution in [2.75, 3.05) is 44.0 Å². The Morgan fingerprint density at radius 3 is 2.44 bits per heavy atom. The van der Waals surface area contributed by atoms with Gasteiger partial charge in [0.1, 0.15) is 0 Å². The lowest BCUT2D eigenvalue weighted by atomic mass is 10.0. The molecule has 1 aromatic carbocycles. The molecule has 0 spiro atoms. The van der Waals surface area contributed by atoms with Crippen molar-refractivity contribution in [3.63, 3.8) is 0 Å². The Balaban J connectivity index is 2.12. The fourth-order valence-corrected chi connectivity index (χ4v) is 2.70. The van der Waals surface area contributed by atoms with Crippen LogP contribution in [0.4, 0.5) is 11.4 Å². The summed E-state index contributed by atoms with van der Waals surface area (Å²) < 4.78 is 0. The molecule has 0 unspecified atom stereocenters. The predicted molar refractivity (Wildman–Crippen MR) is 79.8 cm³/mol. The van der Waals surface area contributed by atoms with Gasteiger partial charge in [-0.15, -0.1) is 0 Å². The summed E-state index contributed by atoms with van der Waals surface area (Å²) in [6.07, 6.45) is 2.48. The summed E-state index contributed by atoms with van der Waals surface area (Å²) in [6.45, 7) is 4.48. The Labute approximate surface area is 111 Å². The first-order valence-corrected chi connectivity index (χ1v) is 6.82. The standard InChI is InChI=1S/C15H25N3/c1-12-5-6-14(11-15(12)17(3)4)18-9-7-13(16-2)8-10-18/h5-6,11,13,16H,7-10H2,1-4H3. The molecular weight excluding hydrogens is 222 g/mol. The summed E-state index contributed by atoms with van der Waals surface area (Å²) in [6, 6.07) is 7.49. The van der Waals surface area contributed by atoms with Crippen LogP contribution >= 0.6 is 0 Å². The van der Waals surface area contributed by atoms with Gasteiger partial charge in [0.15, 0.2) is 0 Å².